The predicted octanol–water partition coefficient (Wildman–Crippen LogP) is -0.346. The predicted molar refractivity (Wildman–Crippen MR) is 56.9 cm³/mol. The molecule has 0 saturated carbocycles. The highest BCUT2D eigenvalue weighted by atomic mass is 32.2. The van der Waals surface area contributed by atoms with Gasteiger partial charge in [-0.3, -0.25) is 5.10 Å². The molecule has 1 heterocycles. The molecule has 0 aromatic carbocycles. The van der Waals surface area contributed by atoms with Gasteiger partial charge in [0.1, 0.15) is 4.90 Å². The van der Waals surface area contributed by atoms with E-state index in [9.17, 15) is 8.42 Å². The van der Waals surface area contributed by atoms with E-state index in [-0.39, 0.29) is 4.90 Å². The van der Waals surface area contributed by atoms with Gasteiger partial charge in [-0.15, -0.1) is 0 Å². The molecule has 0 aliphatic heterocycles. The van der Waals surface area contributed by atoms with Crippen molar-refractivity contribution < 1.29 is 8.42 Å². The van der Waals surface area contributed by atoms with Crippen LogP contribution in [0.4, 0.5) is 0 Å². The monoisotopic (exact) mass is 232 g/mol. The van der Waals surface area contributed by atoms with Crippen molar-refractivity contribution in [3.63, 3.8) is 0 Å². The van der Waals surface area contributed by atoms with E-state index in [1.54, 1.807) is 13.8 Å². The fourth-order valence-corrected chi connectivity index (χ4v) is 2.76. The summed E-state index contributed by atoms with van der Waals surface area (Å²) in [7, 11) is -3.45. The summed E-state index contributed by atoms with van der Waals surface area (Å²) in [6.07, 6.45) is 0.620. The highest BCUT2D eigenvalue weighted by Gasteiger charge is 2.21. The average molecular weight is 232 g/mol. The minimum absolute atomic E-state index is 0.236. The molecule has 1 aromatic rings. The van der Waals surface area contributed by atoms with E-state index in [0.29, 0.717) is 30.9 Å². The van der Waals surface area contributed by atoms with Gasteiger partial charge < -0.3 is 5.73 Å². The number of aromatic amines is 1. The highest BCUT2D eigenvalue weighted by molar-refractivity contribution is 7.89. The van der Waals surface area contributed by atoms with Gasteiger partial charge in [0.25, 0.3) is 0 Å². The van der Waals surface area contributed by atoms with Crippen LogP contribution in [0.5, 0.6) is 0 Å². The smallest absolute Gasteiger partial charge is 0.244 e. The lowest BCUT2D eigenvalue weighted by Crippen LogP contribution is -2.27. The first-order valence-corrected chi connectivity index (χ1v) is 6.18. The van der Waals surface area contributed by atoms with Gasteiger partial charge in [0.15, 0.2) is 0 Å². The van der Waals surface area contributed by atoms with Crippen molar-refractivity contribution in [2.75, 3.05) is 13.1 Å². The van der Waals surface area contributed by atoms with E-state index in [2.05, 4.69) is 14.9 Å². The summed E-state index contributed by atoms with van der Waals surface area (Å²) in [5, 5.41) is 6.48. The van der Waals surface area contributed by atoms with Crippen LogP contribution in [0.1, 0.15) is 17.8 Å². The molecule has 15 heavy (non-hydrogen) atoms. The Kier molecular flexibility index (Phi) is 3.83. The summed E-state index contributed by atoms with van der Waals surface area (Å²) in [6.45, 7) is 4.15. The van der Waals surface area contributed by atoms with Crippen LogP contribution in [0.25, 0.3) is 0 Å². The van der Waals surface area contributed by atoms with Crippen molar-refractivity contribution in [3.8, 4) is 0 Å². The van der Waals surface area contributed by atoms with Gasteiger partial charge in [-0.1, -0.05) is 0 Å². The summed E-state index contributed by atoms with van der Waals surface area (Å²) < 4.78 is 26.1. The van der Waals surface area contributed by atoms with Crippen LogP contribution < -0.4 is 10.5 Å². The molecule has 0 aliphatic carbocycles. The topological polar surface area (TPSA) is 101 Å². The van der Waals surface area contributed by atoms with Crippen LogP contribution in [-0.4, -0.2) is 31.7 Å². The first kappa shape index (κ1) is 12.2. The number of aryl methyl sites for hydroxylation is 2. The zero-order valence-electron chi connectivity index (χ0n) is 8.87. The Bertz CT molecular complexity index is 404. The summed E-state index contributed by atoms with van der Waals surface area (Å²) in [4.78, 5) is 0.236. The number of H-pyrrole nitrogens is 1. The summed E-state index contributed by atoms with van der Waals surface area (Å²) in [5.41, 5.74) is 6.31. The van der Waals surface area contributed by atoms with Crippen molar-refractivity contribution in [2.24, 2.45) is 5.73 Å². The first-order valence-electron chi connectivity index (χ1n) is 4.70. The largest absolute Gasteiger partial charge is 0.330 e. The van der Waals surface area contributed by atoms with Crippen LogP contribution in [-0.2, 0) is 10.0 Å². The lowest BCUT2D eigenvalue weighted by Gasteiger charge is -2.05. The van der Waals surface area contributed by atoms with Crippen LogP contribution in [0.15, 0.2) is 4.90 Å². The van der Waals surface area contributed by atoms with Gasteiger partial charge in [0, 0.05) is 6.54 Å². The van der Waals surface area contributed by atoms with Crippen molar-refractivity contribution in [2.45, 2.75) is 25.2 Å². The number of hydrogen-bond acceptors (Lipinski definition) is 4. The Hall–Kier alpha value is -0.920. The van der Waals surface area contributed by atoms with E-state index in [1.165, 1.54) is 0 Å². The minimum Gasteiger partial charge on any atom is -0.330 e. The van der Waals surface area contributed by atoms with E-state index in [4.69, 9.17) is 5.73 Å². The molecule has 0 radical (unpaired) electrons. The Morgan fingerprint density at radius 2 is 2.13 bits per heavy atom. The molecule has 86 valence electrons. The maximum atomic E-state index is 11.8. The molecule has 4 N–H and O–H groups in total. The van der Waals surface area contributed by atoms with Gasteiger partial charge in [-0.2, -0.15) is 5.10 Å². The molecule has 0 aliphatic rings. The Balaban J connectivity index is 2.87. The molecule has 0 unspecified atom stereocenters. The van der Waals surface area contributed by atoms with E-state index in [0.717, 1.165) is 0 Å². The second kappa shape index (κ2) is 4.73. The molecule has 0 bridgehead atoms. The van der Waals surface area contributed by atoms with E-state index < -0.39 is 10.0 Å². The average Bonchev–Trinajstić information content (AvgIpc) is 2.46. The number of nitrogens with zero attached hydrogens (tertiary/aromatic N) is 1. The number of sulfonamides is 1. The molecule has 1 aromatic heterocycles. The Labute approximate surface area is 89.3 Å². The van der Waals surface area contributed by atoms with Crippen LogP contribution in [0, 0.1) is 13.8 Å². The quantitative estimate of drug-likeness (QED) is 0.604. The molecule has 0 saturated heterocycles. The Morgan fingerprint density at radius 3 is 2.60 bits per heavy atom. The summed E-state index contributed by atoms with van der Waals surface area (Å²) in [5.74, 6) is 0. The number of rotatable bonds is 5. The first-order chi connectivity index (χ1) is 6.99. The highest BCUT2D eigenvalue weighted by Crippen LogP contribution is 2.15. The third-order valence-corrected chi connectivity index (χ3v) is 3.73. The van der Waals surface area contributed by atoms with Gasteiger partial charge >= 0.3 is 0 Å². The standard InChI is InChI=1S/C8H16N4O2S/c1-6-8(7(2)12-11-6)15(13,14)10-5-3-4-9/h10H,3-5,9H2,1-2H3,(H,11,12). The lowest BCUT2D eigenvalue weighted by molar-refractivity contribution is 0.578. The number of nitrogens with one attached hydrogen (secondary N) is 2. The minimum atomic E-state index is -3.45. The zero-order valence-corrected chi connectivity index (χ0v) is 9.69. The summed E-state index contributed by atoms with van der Waals surface area (Å²) >= 11 is 0. The van der Waals surface area contributed by atoms with E-state index >= 15 is 0 Å². The fourth-order valence-electron chi connectivity index (χ4n) is 1.32. The normalized spacial score (nSPS) is 11.9. The fraction of sp³-hybridized carbons (Fsp3) is 0.625. The van der Waals surface area contributed by atoms with Gasteiger partial charge in [-0.05, 0) is 26.8 Å². The molecule has 0 fully saturated rings. The van der Waals surface area contributed by atoms with Gasteiger partial charge in [0.05, 0.1) is 11.4 Å². The molecule has 0 spiro atoms. The molecule has 1 rings (SSSR count). The number of hydrogen-bond donors (Lipinski definition) is 3. The molecule has 0 atom stereocenters. The number of aromatic nitrogens is 2. The van der Waals surface area contributed by atoms with Gasteiger partial charge in [-0.25, -0.2) is 13.1 Å². The SMILES string of the molecule is Cc1n[nH]c(C)c1S(=O)(=O)NCCCN. The second-order valence-corrected chi connectivity index (χ2v) is 5.01. The van der Waals surface area contributed by atoms with Crippen molar-refractivity contribution in [3.05, 3.63) is 11.4 Å². The molecule has 0 amide bonds. The molecular weight excluding hydrogens is 216 g/mol. The lowest BCUT2D eigenvalue weighted by atomic mass is 10.4. The van der Waals surface area contributed by atoms with Crippen LogP contribution in [0.2, 0.25) is 0 Å². The maximum Gasteiger partial charge on any atom is 0.244 e. The number of nitrogens with two attached hydrogens (primary N) is 1. The molecular formula is C8H16N4O2S. The molecule has 6 nitrogen and oxygen atoms in total. The maximum absolute atomic E-state index is 11.8. The van der Waals surface area contributed by atoms with Crippen molar-refractivity contribution in [1.29, 1.82) is 0 Å². The van der Waals surface area contributed by atoms with Gasteiger partial charge in [0.2, 0.25) is 10.0 Å². The Morgan fingerprint density at radius 1 is 1.47 bits per heavy atom. The third kappa shape index (κ3) is 2.77. The molecule has 7 heteroatoms. The second-order valence-electron chi connectivity index (χ2n) is 3.30. The van der Waals surface area contributed by atoms with Crippen molar-refractivity contribution in [1.82, 2.24) is 14.9 Å². The van der Waals surface area contributed by atoms with Crippen LogP contribution in [0.3, 0.4) is 0 Å². The zero-order chi connectivity index (χ0) is 11.5. The summed E-state index contributed by atoms with van der Waals surface area (Å²) in [6, 6.07) is 0. The van der Waals surface area contributed by atoms with Crippen molar-refractivity contribution >= 4 is 10.0 Å². The van der Waals surface area contributed by atoms with E-state index in [1.807, 2.05) is 0 Å². The van der Waals surface area contributed by atoms with Crippen LogP contribution >= 0.6 is 0 Å². The third-order valence-electron chi connectivity index (χ3n) is 2.00.